The molecule has 0 bridgehead atoms. The van der Waals surface area contributed by atoms with E-state index in [9.17, 15) is 13.2 Å². The van der Waals surface area contributed by atoms with Crippen molar-refractivity contribution in [3.8, 4) is 0 Å². The van der Waals surface area contributed by atoms with Crippen LogP contribution in [0, 0.1) is 17.5 Å². The molecule has 6 heteroatoms. The SMILES string of the molecule is Nc1ccc(Nc2cc(F)cc(F)c2F)c2ncccc12. The largest absolute Gasteiger partial charge is 0.398 e. The van der Waals surface area contributed by atoms with Crippen molar-refractivity contribution in [2.75, 3.05) is 11.1 Å². The molecule has 0 radical (unpaired) electrons. The average molecular weight is 289 g/mol. The van der Waals surface area contributed by atoms with Crippen LogP contribution in [0.25, 0.3) is 10.9 Å². The van der Waals surface area contributed by atoms with Gasteiger partial charge in [0.2, 0.25) is 0 Å². The minimum atomic E-state index is -1.26. The highest BCUT2D eigenvalue weighted by Gasteiger charge is 2.13. The highest BCUT2D eigenvalue weighted by molar-refractivity contribution is 5.99. The first-order valence-electron chi connectivity index (χ1n) is 6.11. The molecule has 3 nitrogen and oxygen atoms in total. The predicted molar refractivity (Wildman–Crippen MR) is 75.8 cm³/mol. The van der Waals surface area contributed by atoms with Gasteiger partial charge in [0.1, 0.15) is 5.82 Å². The molecule has 1 heterocycles. The minimum Gasteiger partial charge on any atom is -0.398 e. The van der Waals surface area contributed by atoms with Crippen LogP contribution in [0.1, 0.15) is 0 Å². The van der Waals surface area contributed by atoms with E-state index >= 15 is 0 Å². The monoisotopic (exact) mass is 289 g/mol. The number of nitrogen functional groups attached to an aromatic ring is 1. The first-order chi connectivity index (χ1) is 10.1. The molecule has 0 aliphatic carbocycles. The fourth-order valence-electron chi connectivity index (χ4n) is 2.09. The van der Waals surface area contributed by atoms with E-state index in [0.29, 0.717) is 28.3 Å². The van der Waals surface area contributed by atoms with Crippen LogP contribution in [0.2, 0.25) is 0 Å². The van der Waals surface area contributed by atoms with Gasteiger partial charge in [0.15, 0.2) is 11.6 Å². The number of rotatable bonds is 2. The maximum Gasteiger partial charge on any atom is 0.182 e. The van der Waals surface area contributed by atoms with Crippen LogP contribution in [0.4, 0.5) is 30.2 Å². The number of fused-ring (bicyclic) bond motifs is 1. The summed E-state index contributed by atoms with van der Waals surface area (Å²) in [5.41, 5.74) is 6.94. The molecule has 1 aromatic heterocycles. The lowest BCUT2D eigenvalue weighted by Gasteiger charge is -2.11. The number of hydrogen-bond donors (Lipinski definition) is 2. The predicted octanol–water partition coefficient (Wildman–Crippen LogP) is 3.98. The highest BCUT2D eigenvalue weighted by atomic mass is 19.2. The van der Waals surface area contributed by atoms with Crippen molar-refractivity contribution >= 4 is 28.0 Å². The lowest BCUT2D eigenvalue weighted by Crippen LogP contribution is -2.00. The minimum absolute atomic E-state index is 0.302. The number of hydrogen-bond acceptors (Lipinski definition) is 3. The van der Waals surface area contributed by atoms with Crippen LogP contribution in [0.15, 0.2) is 42.6 Å². The van der Waals surface area contributed by atoms with E-state index in [4.69, 9.17) is 5.73 Å². The van der Waals surface area contributed by atoms with Gasteiger partial charge in [0.25, 0.3) is 0 Å². The van der Waals surface area contributed by atoms with Crippen molar-refractivity contribution in [1.82, 2.24) is 4.98 Å². The number of halogens is 3. The van der Waals surface area contributed by atoms with Crippen LogP contribution in [-0.4, -0.2) is 4.98 Å². The molecule has 0 aliphatic rings. The topological polar surface area (TPSA) is 50.9 Å². The van der Waals surface area contributed by atoms with Crippen molar-refractivity contribution in [3.05, 3.63) is 60.0 Å². The van der Waals surface area contributed by atoms with Crippen molar-refractivity contribution in [2.24, 2.45) is 0 Å². The average Bonchev–Trinajstić information content (AvgIpc) is 2.47. The molecular weight excluding hydrogens is 279 g/mol. The second-order valence-corrected chi connectivity index (χ2v) is 4.48. The zero-order valence-corrected chi connectivity index (χ0v) is 10.7. The van der Waals surface area contributed by atoms with E-state index in [1.165, 1.54) is 0 Å². The van der Waals surface area contributed by atoms with Crippen molar-refractivity contribution in [1.29, 1.82) is 0 Å². The molecule has 0 amide bonds. The Labute approximate surface area is 118 Å². The molecule has 0 saturated carbocycles. The molecule has 0 aliphatic heterocycles. The molecule has 0 saturated heterocycles. The number of benzene rings is 2. The van der Waals surface area contributed by atoms with Gasteiger partial charge in [-0.2, -0.15) is 0 Å². The molecule has 3 aromatic rings. The zero-order chi connectivity index (χ0) is 15.0. The zero-order valence-electron chi connectivity index (χ0n) is 10.7. The van der Waals surface area contributed by atoms with E-state index in [1.807, 2.05) is 0 Å². The van der Waals surface area contributed by atoms with Gasteiger partial charge in [-0.1, -0.05) is 0 Å². The molecule has 21 heavy (non-hydrogen) atoms. The lowest BCUT2D eigenvalue weighted by molar-refractivity contribution is 0.498. The Hall–Kier alpha value is -2.76. The van der Waals surface area contributed by atoms with E-state index in [2.05, 4.69) is 10.3 Å². The van der Waals surface area contributed by atoms with E-state index in [1.54, 1.807) is 30.5 Å². The lowest BCUT2D eigenvalue weighted by atomic mass is 10.1. The summed E-state index contributed by atoms with van der Waals surface area (Å²) in [5.74, 6) is -3.29. The van der Waals surface area contributed by atoms with Gasteiger partial charge >= 0.3 is 0 Å². The van der Waals surface area contributed by atoms with Gasteiger partial charge in [-0.05, 0) is 24.3 Å². The van der Waals surface area contributed by atoms with E-state index in [-0.39, 0.29) is 5.69 Å². The summed E-state index contributed by atoms with van der Waals surface area (Å²) in [6, 6.07) is 8.02. The Morgan fingerprint density at radius 2 is 1.81 bits per heavy atom. The van der Waals surface area contributed by atoms with E-state index < -0.39 is 17.5 Å². The summed E-state index contributed by atoms with van der Waals surface area (Å²) < 4.78 is 40.1. The molecule has 0 spiro atoms. The van der Waals surface area contributed by atoms with Crippen LogP contribution in [0.3, 0.4) is 0 Å². The Morgan fingerprint density at radius 3 is 2.62 bits per heavy atom. The Kier molecular flexibility index (Phi) is 3.13. The number of anilines is 3. The molecular formula is C15H10F3N3. The summed E-state index contributed by atoms with van der Waals surface area (Å²) in [6.07, 6.45) is 1.55. The molecule has 0 unspecified atom stereocenters. The molecule has 106 valence electrons. The summed E-state index contributed by atoms with van der Waals surface area (Å²) in [6.45, 7) is 0. The standard InChI is InChI=1S/C15H10F3N3/c16-8-6-10(17)14(18)13(7-8)21-12-4-3-11(19)9-2-1-5-20-15(9)12/h1-7,21H,19H2. The first kappa shape index (κ1) is 13.2. The van der Waals surface area contributed by atoms with Crippen LogP contribution < -0.4 is 11.1 Å². The Balaban J connectivity index is 2.13. The Bertz CT molecular complexity index is 834. The van der Waals surface area contributed by atoms with Crippen molar-refractivity contribution in [3.63, 3.8) is 0 Å². The van der Waals surface area contributed by atoms with Gasteiger partial charge < -0.3 is 11.1 Å². The summed E-state index contributed by atoms with van der Waals surface area (Å²) in [4.78, 5) is 4.16. The van der Waals surface area contributed by atoms with Crippen LogP contribution in [-0.2, 0) is 0 Å². The second kappa shape index (κ2) is 4.97. The van der Waals surface area contributed by atoms with E-state index in [0.717, 1.165) is 6.07 Å². The molecule has 2 aromatic carbocycles. The third-order valence-corrected chi connectivity index (χ3v) is 3.07. The number of pyridine rings is 1. The third kappa shape index (κ3) is 2.35. The fourth-order valence-corrected chi connectivity index (χ4v) is 2.09. The van der Waals surface area contributed by atoms with Gasteiger partial charge in [-0.3, -0.25) is 4.98 Å². The van der Waals surface area contributed by atoms with Crippen LogP contribution in [0.5, 0.6) is 0 Å². The maximum absolute atomic E-state index is 13.7. The summed E-state index contributed by atoms with van der Waals surface area (Å²) >= 11 is 0. The first-order valence-corrected chi connectivity index (χ1v) is 6.11. The third-order valence-electron chi connectivity index (χ3n) is 3.07. The van der Waals surface area contributed by atoms with Crippen molar-refractivity contribution < 1.29 is 13.2 Å². The van der Waals surface area contributed by atoms with Crippen molar-refractivity contribution in [2.45, 2.75) is 0 Å². The number of nitrogens with one attached hydrogen (secondary N) is 1. The molecule has 0 fully saturated rings. The normalized spacial score (nSPS) is 10.8. The molecule has 3 N–H and O–H groups in total. The highest BCUT2D eigenvalue weighted by Crippen LogP contribution is 2.30. The summed E-state index contributed by atoms with van der Waals surface area (Å²) in [5, 5.41) is 3.32. The fraction of sp³-hybridized carbons (Fsp3) is 0. The molecule has 0 atom stereocenters. The number of aromatic nitrogens is 1. The Morgan fingerprint density at radius 1 is 1.00 bits per heavy atom. The quantitative estimate of drug-likeness (QED) is 0.554. The van der Waals surface area contributed by atoms with Gasteiger partial charge in [0, 0.05) is 29.4 Å². The van der Waals surface area contributed by atoms with Gasteiger partial charge in [-0.25, -0.2) is 13.2 Å². The van der Waals surface area contributed by atoms with Gasteiger partial charge in [-0.15, -0.1) is 0 Å². The molecule has 3 rings (SSSR count). The number of nitrogens with zero attached hydrogens (tertiary/aromatic N) is 1. The smallest absolute Gasteiger partial charge is 0.182 e. The maximum atomic E-state index is 13.7. The van der Waals surface area contributed by atoms with Crippen LogP contribution >= 0.6 is 0 Å². The van der Waals surface area contributed by atoms with Gasteiger partial charge in [0.05, 0.1) is 16.9 Å². The second-order valence-electron chi connectivity index (χ2n) is 4.48. The number of nitrogens with two attached hydrogens (primary N) is 1. The summed E-state index contributed by atoms with van der Waals surface area (Å²) in [7, 11) is 0.